The summed E-state index contributed by atoms with van der Waals surface area (Å²) in [5.74, 6) is 0. The Morgan fingerprint density at radius 2 is 1.56 bits per heavy atom. The molecule has 2 unspecified atom stereocenters. The Labute approximate surface area is 148 Å². The molecule has 5 rings (SSSR count). The summed E-state index contributed by atoms with van der Waals surface area (Å²) in [5, 5.41) is 10.4. The summed E-state index contributed by atoms with van der Waals surface area (Å²) in [6, 6.07) is 30.4. The Morgan fingerprint density at radius 3 is 2.36 bits per heavy atom. The fourth-order valence-electron chi connectivity index (χ4n) is 4.65. The first-order chi connectivity index (χ1) is 12.3. The van der Waals surface area contributed by atoms with Crippen LogP contribution in [0.5, 0.6) is 0 Å². The molecule has 0 radical (unpaired) electrons. The van der Waals surface area contributed by atoms with Gasteiger partial charge in [0.15, 0.2) is 5.54 Å². The normalized spacial score (nSPS) is 23.6. The molecule has 0 amide bonds. The van der Waals surface area contributed by atoms with Crippen LogP contribution in [0.3, 0.4) is 0 Å². The molecule has 2 heteroatoms. The van der Waals surface area contributed by atoms with Crippen LogP contribution in [-0.4, -0.2) is 4.90 Å². The van der Waals surface area contributed by atoms with E-state index in [2.05, 4.69) is 83.8 Å². The van der Waals surface area contributed by atoms with Gasteiger partial charge in [-0.15, -0.1) is 0 Å². The molecule has 0 N–H and O–H groups in total. The van der Waals surface area contributed by atoms with Crippen molar-refractivity contribution in [3.63, 3.8) is 0 Å². The van der Waals surface area contributed by atoms with Gasteiger partial charge in [-0.1, -0.05) is 78.9 Å². The molecular formula is C23H18N2. The van der Waals surface area contributed by atoms with Crippen molar-refractivity contribution in [1.82, 2.24) is 4.90 Å². The Bertz CT molecular complexity index is 973. The maximum Gasteiger partial charge on any atom is 0.161 e. The van der Waals surface area contributed by atoms with Gasteiger partial charge in [0.05, 0.1) is 6.07 Å². The zero-order valence-corrected chi connectivity index (χ0v) is 13.9. The molecule has 0 fully saturated rings. The molecule has 2 aliphatic rings. The number of nitriles is 1. The van der Waals surface area contributed by atoms with Crippen LogP contribution in [0.2, 0.25) is 0 Å². The van der Waals surface area contributed by atoms with Crippen molar-refractivity contribution in [1.29, 1.82) is 5.26 Å². The van der Waals surface area contributed by atoms with E-state index >= 15 is 0 Å². The van der Waals surface area contributed by atoms with Gasteiger partial charge >= 0.3 is 0 Å². The van der Waals surface area contributed by atoms with Crippen molar-refractivity contribution in [3.05, 3.63) is 107 Å². The Morgan fingerprint density at radius 1 is 0.880 bits per heavy atom. The fraction of sp³-hybridized carbons (Fsp3) is 0.174. The van der Waals surface area contributed by atoms with Crippen LogP contribution in [0.4, 0.5) is 0 Å². The average Bonchev–Trinajstić information content (AvgIpc) is 2.86. The maximum atomic E-state index is 10.4. The van der Waals surface area contributed by atoms with Crippen LogP contribution in [-0.2, 0) is 18.5 Å². The molecule has 0 saturated heterocycles. The number of benzene rings is 3. The van der Waals surface area contributed by atoms with E-state index in [9.17, 15) is 5.26 Å². The van der Waals surface area contributed by atoms with Crippen molar-refractivity contribution in [3.8, 4) is 6.07 Å². The second-order valence-electron chi connectivity index (χ2n) is 6.90. The van der Waals surface area contributed by atoms with Crippen molar-refractivity contribution in [2.24, 2.45) is 0 Å². The molecule has 3 aromatic rings. The van der Waals surface area contributed by atoms with Crippen LogP contribution in [0.25, 0.3) is 0 Å². The summed E-state index contributed by atoms with van der Waals surface area (Å²) in [6.45, 7) is 0.780. The first kappa shape index (κ1) is 14.5. The predicted octanol–water partition coefficient (Wildman–Crippen LogP) is 4.57. The quantitative estimate of drug-likeness (QED) is 0.691. The minimum absolute atomic E-state index is 0.256. The minimum atomic E-state index is -0.689. The van der Waals surface area contributed by atoms with Gasteiger partial charge in [-0.3, -0.25) is 4.90 Å². The van der Waals surface area contributed by atoms with Gasteiger partial charge in [0.2, 0.25) is 0 Å². The smallest absolute Gasteiger partial charge is 0.161 e. The van der Waals surface area contributed by atoms with Crippen molar-refractivity contribution in [2.75, 3.05) is 0 Å². The van der Waals surface area contributed by atoms with Gasteiger partial charge < -0.3 is 0 Å². The van der Waals surface area contributed by atoms with Gasteiger partial charge in [-0.2, -0.15) is 5.26 Å². The topological polar surface area (TPSA) is 27.0 Å². The third-order valence-electron chi connectivity index (χ3n) is 5.69. The van der Waals surface area contributed by atoms with Crippen LogP contribution in [0.1, 0.15) is 33.9 Å². The van der Waals surface area contributed by atoms with E-state index < -0.39 is 5.54 Å². The summed E-state index contributed by atoms with van der Waals surface area (Å²) < 4.78 is 0. The molecule has 2 aliphatic heterocycles. The van der Waals surface area contributed by atoms with Crippen LogP contribution in [0, 0.1) is 11.3 Å². The first-order valence-corrected chi connectivity index (χ1v) is 8.74. The lowest BCUT2D eigenvalue weighted by Crippen LogP contribution is -2.46. The zero-order chi connectivity index (χ0) is 16.9. The molecule has 2 bridgehead atoms. The molecule has 2 nitrogen and oxygen atoms in total. The summed E-state index contributed by atoms with van der Waals surface area (Å²) in [4.78, 5) is 2.40. The molecule has 120 valence electrons. The summed E-state index contributed by atoms with van der Waals surface area (Å²) in [5.41, 5.74) is 5.47. The lowest BCUT2D eigenvalue weighted by atomic mass is 9.80. The van der Waals surface area contributed by atoms with Gasteiger partial charge in [-0.25, -0.2) is 0 Å². The van der Waals surface area contributed by atoms with Gasteiger partial charge in [0.1, 0.15) is 0 Å². The van der Waals surface area contributed by atoms with E-state index in [0.717, 1.165) is 24.1 Å². The summed E-state index contributed by atoms with van der Waals surface area (Å²) in [7, 11) is 0. The van der Waals surface area contributed by atoms with E-state index in [-0.39, 0.29) is 6.04 Å². The lowest BCUT2D eigenvalue weighted by molar-refractivity contribution is 0.112. The lowest BCUT2D eigenvalue weighted by Gasteiger charge is -2.42. The first-order valence-electron chi connectivity index (χ1n) is 8.74. The van der Waals surface area contributed by atoms with E-state index in [4.69, 9.17) is 0 Å². The number of hydrogen-bond acceptors (Lipinski definition) is 2. The average molecular weight is 322 g/mol. The Kier molecular flexibility index (Phi) is 3.07. The van der Waals surface area contributed by atoms with Crippen molar-refractivity contribution >= 4 is 0 Å². The standard InChI is InChI=1S/C23H18N2/c24-16-23-20-12-6-4-10-18(20)14-22(19-11-5-7-13-21(19)23)25(23)15-17-8-2-1-3-9-17/h1-13,22H,14-15H2. The fourth-order valence-corrected chi connectivity index (χ4v) is 4.65. The number of nitrogens with zero attached hydrogens (tertiary/aromatic N) is 2. The second-order valence-corrected chi connectivity index (χ2v) is 6.90. The van der Waals surface area contributed by atoms with E-state index in [1.54, 1.807) is 0 Å². The SMILES string of the molecule is N#CC12c3ccccc3CC(c3ccccc31)N2Cc1ccccc1. The number of hydrogen-bond donors (Lipinski definition) is 0. The van der Waals surface area contributed by atoms with Crippen molar-refractivity contribution < 1.29 is 0 Å². The highest BCUT2D eigenvalue weighted by atomic mass is 15.3. The Balaban J connectivity index is 1.75. The third kappa shape index (κ3) is 1.88. The maximum absolute atomic E-state index is 10.4. The molecule has 0 aromatic heterocycles. The van der Waals surface area contributed by atoms with Gasteiger partial charge in [0.25, 0.3) is 0 Å². The number of rotatable bonds is 2. The molecule has 0 aliphatic carbocycles. The minimum Gasteiger partial charge on any atom is -0.266 e. The molecule has 2 heterocycles. The monoisotopic (exact) mass is 322 g/mol. The van der Waals surface area contributed by atoms with Crippen LogP contribution in [0.15, 0.2) is 78.9 Å². The number of fused-ring (bicyclic) bond motifs is 7. The highest BCUT2D eigenvalue weighted by Gasteiger charge is 2.55. The molecular weight excluding hydrogens is 304 g/mol. The van der Waals surface area contributed by atoms with Gasteiger partial charge in [0, 0.05) is 12.6 Å². The van der Waals surface area contributed by atoms with Crippen molar-refractivity contribution in [2.45, 2.75) is 24.5 Å². The summed E-state index contributed by atoms with van der Waals surface area (Å²) in [6.07, 6.45) is 0.962. The Hall–Kier alpha value is -2.89. The predicted molar refractivity (Wildman–Crippen MR) is 97.7 cm³/mol. The molecule has 0 saturated carbocycles. The van der Waals surface area contributed by atoms with Gasteiger partial charge in [-0.05, 0) is 34.2 Å². The second kappa shape index (κ2) is 5.31. The largest absolute Gasteiger partial charge is 0.266 e. The van der Waals surface area contributed by atoms with Crippen LogP contribution >= 0.6 is 0 Å². The highest BCUT2D eigenvalue weighted by Crippen LogP contribution is 2.55. The third-order valence-corrected chi connectivity index (χ3v) is 5.69. The zero-order valence-electron chi connectivity index (χ0n) is 13.9. The molecule has 0 spiro atoms. The summed E-state index contributed by atoms with van der Waals surface area (Å²) >= 11 is 0. The van der Waals surface area contributed by atoms with E-state index in [0.29, 0.717) is 0 Å². The molecule has 25 heavy (non-hydrogen) atoms. The molecule has 2 atom stereocenters. The highest BCUT2D eigenvalue weighted by molar-refractivity contribution is 5.59. The van der Waals surface area contributed by atoms with E-state index in [1.807, 2.05) is 6.07 Å². The molecule has 3 aromatic carbocycles. The van der Waals surface area contributed by atoms with E-state index in [1.165, 1.54) is 16.7 Å². The van der Waals surface area contributed by atoms with Crippen LogP contribution < -0.4 is 0 Å².